The van der Waals surface area contributed by atoms with Crippen molar-refractivity contribution in [1.29, 1.82) is 0 Å². The molecule has 0 aliphatic carbocycles. The van der Waals surface area contributed by atoms with Gasteiger partial charge in [0.15, 0.2) is 0 Å². The van der Waals surface area contributed by atoms with Crippen molar-refractivity contribution in [3.05, 3.63) is 45.8 Å². The van der Waals surface area contributed by atoms with Gasteiger partial charge in [-0.15, -0.1) is 11.3 Å². The number of hydrogen-bond acceptors (Lipinski definition) is 2. The highest BCUT2D eigenvalue weighted by molar-refractivity contribution is 7.15. The van der Waals surface area contributed by atoms with Gasteiger partial charge in [0.1, 0.15) is 0 Å². The Morgan fingerprint density at radius 2 is 2.06 bits per heavy atom. The summed E-state index contributed by atoms with van der Waals surface area (Å²) in [5.74, 6) is 0. The topological polar surface area (TPSA) is 12.0 Å². The minimum atomic E-state index is 0.437. The molecule has 0 saturated carbocycles. The number of hydrogen-bond donors (Lipinski definition) is 1. The molecule has 2 aromatic rings. The standard InChI is InChI=1S/C15H18ClNS/c1-4-13(17-3)15-8-7-14(18-15)11-9-10(2)5-6-12(11)16/h5-9,13,17H,4H2,1-3H3. The Bertz CT molecular complexity index is 529. The lowest BCUT2D eigenvalue weighted by Crippen LogP contribution is -2.13. The average Bonchev–Trinajstić information content (AvgIpc) is 2.83. The Balaban J connectivity index is 2.37. The molecule has 3 heteroatoms. The Labute approximate surface area is 118 Å². The Hall–Kier alpha value is -0.830. The summed E-state index contributed by atoms with van der Waals surface area (Å²) >= 11 is 8.10. The van der Waals surface area contributed by atoms with Crippen LogP contribution in [0.2, 0.25) is 5.02 Å². The van der Waals surface area contributed by atoms with Crippen LogP contribution in [0.5, 0.6) is 0 Å². The predicted molar refractivity (Wildman–Crippen MR) is 81.6 cm³/mol. The van der Waals surface area contributed by atoms with Gasteiger partial charge in [0.05, 0.1) is 0 Å². The number of halogens is 1. The highest BCUT2D eigenvalue weighted by atomic mass is 35.5. The first-order chi connectivity index (χ1) is 8.65. The summed E-state index contributed by atoms with van der Waals surface area (Å²) in [5.41, 5.74) is 2.38. The van der Waals surface area contributed by atoms with Gasteiger partial charge in [-0.3, -0.25) is 0 Å². The molecule has 1 heterocycles. The summed E-state index contributed by atoms with van der Waals surface area (Å²) in [5, 5.41) is 4.16. The van der Waals surface area contributed by atoms with Gasteiger partial charge in [-0.25, -0.2) is 0 Å². The van der Waals surface area contributed by atoms with Crippen LogP contribution in [0.1, 0.15) is 29.8 Å². The zero-order chi connectivity index (χ0) is 13.1. The molecule has 1 N–H and O–H groups in total. The molecule has 0 spiro atoms. The molecule has 1 nitrogen and oxygen atoms in total. The molecular weight excluding hydrogens is 262 g/mol. The maximum Gasteiger partial charge on any atom is 0.0492 e. The summed E-state index contributed by atoms with van der Waals surface area (Å²) < 4.78 is 0. The molecular formula is C15H18ClNS. The summed E-state index contributed by atoms with van der Waals surface area (Å²) in [6.45, 7) is 4.29. The zero-order valence-corrected chi connectivity index (χ0v) is 12.5. The molecule has 0 aliphatic heterocycles. The molecule has 1 aromatic heterocycles. The lowest BCUT2D eigenvalue weighted by Gasteiger charge is -2.10. The average molecular weight is 280 g/mol. The van der Waals surface area contributed by atoms with Gasteiger partial charge in [0.25, 0.3) is 0 Å². The van der Waals surface area contributed by atoms with Crippen LogP contribution >= 0.6 is 22.9 Å². The van der Waals surface area contributed by atoms with E-state index in [-0.39, 0.29) is 0 Å². The zero-order valence-electron chi connectivity index (χ0n) is 11.0. The van der Waals surface area contributed by atoms with Gasteiger partial charge >= 0.3 is 0 Å². The maximum atomic E-state index is 6.28. The number of rotatable bonds is 4. The van der Waals surface area contributed by atoms with E-state index in [1.807, 2.05) is 30.5 Å². The second kappa shape index (κ2) is 5.87. The third-order valence-electron chi connectivity index (χ3n) is 3.11. The number of aryl methyl sites for hydroxylation is 1. The summed E-state index contributed by atoms with van der Waals surface area (Å²) in [4.78, 5) is 2.61. The van der Waals surface area contributed by atoms with Crippen molar-refractivity contribution in [2.24, 2.45) is 0 Å². The Kier molecular flexibility index (Phi) is 4.44. The second-order valence-electron chi connectivity index (χ2n) is 4.43. The molecule has 0 amide bonds. The lowest BCUT2D eigenvalue weighted by atomic mass is 10.1. The van der Waals surface area contributed by atoms with Crippen LogP contribution in [0, 0.1) is 6.92 Å². The van der Waals surface area contributed by atoms with E-state index in [2.05, 4.69) is 37.4 Å². The fraction of sp³-hybridized carbons (Fsp3) is 0.333. The molecule has 0 radical (unpaired) electrons. The quantitative estimate of drug-likeness (QED) is 0.826. The number of benzene rings is 1. The summed E-state index contributed by atoms with van der Waals surface area (Å²) in [6.07, 6.45) is 1.10. The smallest absolute Gasteiger partial charge is 0.0492 e. The van der Waals surface area contributed by atoms with Crippen molar-refractivity contribution < 1.29 is 0 Å². The summed E-state index contributed by atoms with van der Waals surface area (Å²) in [6, 6.07) is 11.0. The van der Waals surface area contributed by atoms with E-state index in [4.69, 9.17) is 11.6 Å². The number of nitrogens with one attached hydrogen (secondary N) is 1. The monoisotopic (exact) mass is 279 g/mol. The molecule has 1 aromatic carbocycles. The minimum absolute atomic E-state index is 0.437. The van der Waals surface area contributed by atoms with Gasteiger partial charge in [0, 0.05) is 26.4 Å². The lowest BCUT2D eigenvalue weighted by molar-refractivity contribution is 0.586. The predicted octanol–water partition coefficient (Wildman–Crippen LogP) is 5.05. The Morgan fingerprint density at radius 1 is 1.28 bits per heavy atom. The van der Waals surface area contributed by atoms with E-state index in [0.717, 1.165) is 17.0 Å². The first-order valence-electron chi connectivity index (χ1n) is 6.19. The van der Waals surface area contributed by atoms with Crippen LogP contribution in [-0.2, 0) is 0 Å². The van der Waals surface area contributed by atoms with E-state index in [1.54, 1.807) is 0 Å². The van der Waals surface area contributed by atoms with Crippen LogP contribution in [-0.4, -0.2) is 7.05 Å². The first kappa shape index (κ1) is 13.6. The molecule has 0 bridgehead atoms. The SMILES string of the molecule is CCC(NC)c1ccc(-c2cc(C)ccc2Cl)s1. The fourth-order valence-electron chi connectivity index (χ4n) is 2.06. The van der Waals surface area contributed by atoms with E-state index in [9.17, 15) is 0 Å². The van der Waals surface area contributed by atoms with Crippen LogP contribution in [0.25, 0.3) is 10.4 Å². The van der Waals surface area contributed by atoms with E-state index < -0.39 is 0 Å². The van der Waals surface area contributed by atoms with Crippen molar-refractivity contribution in [2.75, 3.05) is 7.05 Å². The molecule has 2 rings (SSSR count). The third kappa shape index (κ3) is 2.77. The molecule has 0 fully saturated rings. The highest BCUT2D eigenvalue weighted by Gasteiger charge is 2.12. The third-order valence-corrected chi connectivity index (χ3v) is 4.68. The largest absolute Gasteiger partial charge is 0.312 e. The van der Waals surface area contributed by atoms with Gasteiger partial charge in [-0.2, -0.15) is 0 Å². The van der Waals surface area contributed by atoms with Gasteiger partial charge in [0.2, 0.25) is 0 Å². The van der Waals surface area contributed by atoms with Crippen molar-refractivity contribution in [2.45, 2.75) is 26.3 Å². The van der Waals surface area contributed by atoms with Crippen LogP contribution in [0.3, 0.4) is 0 Å². The van der Waals surface area contributed by atoms with Crippen molar-refractivity contribution in [1.82, 2.24) is 5.32 Å². The molecule has 18 heavy (non-hydrogen) atoms. The van der Waals surface area contributed by atoms with Gasteiger partial charge in [-0.05, 0) is 44.7 Å². The maximum absolute atomic E-state index is 6.28. The van der Waals surface area contributed by atoms with Gasteiger partial charge in [-0.1, -0.05) is 30.2 Å². The van der Waals surface area contributed by atoms with E-state index in [1.165, 1.54) is 15.3 Å². The highest BCUT2D eigenvalue weighted by Crippen LogP contribution is 2.36. The molecule has 0 aliphatic rings. The van der Waals surface area contributed by atoms with Crippen LogP contribution in [0.4, 0.5) is 0 Å². The molecule has 0 saturated heterocycles. The molecule has 96 valence electrons. The van der Waals surface area contributed by atoms with E-state index in [0.29, 0.717) is 6.04 Å². The minimum Gasteiger partial charge on any atom is -0.312 e. The van der Waals surface area contributed by atoms with Gasteiger partial charge < -0.3 is 5.32 Å². The van der Waals surface area contributed by atoms with Crippen LogP contribution in [0.15, 0.2) is 30.3 Å². The first-order valence-corrected chi connectivity index (χ1v) is 7.38. The van der Waals surface area contributed by atoms with Crippen LogP contribution < -0.4 is 5.32 Å². The second-order valence-corrected chi connectivity index (χ2v) is 5.96. The molecule has 1 unspecified atom stereocenters. The van der Waals surface area contributed by atoms with E-state index >= 15 is 0 Å². The van der Waals surface area contributed by atoms with Crippen molar-refractivity contribution in [3.63, 3.8) is 0 Å². The normalized spacial score (nSPS) is 12.7. The fourth-order valence-corrected chi connectivity index (χ4v) is 3.57. The number of thiophene rings is 1. The van der Waals surface area contributed by atoms with Crippen molar-refractivity contribution >= 4 is 22.9 Å². The summed E-state index contributed by atoms with van der Waals surface area (Å²) in [7, 11) is 2.01. The Morgan fingerprint density at radius 3 is 2.72 bits per heavy atom. The van der Waals surface area contributed by atoms with Crippen molar-refractivity contribution in [3.8, 4) is 10.4 Å². The molecule has 1 atom stereocenters.